The molecule has 6 heteroatoms. The van der Waals surface area contributed by atoms with Crippen molar-refractivity contribution in [2.24, 2.45) is 0 Å². The first kappa shape index (κ1) is 10.2. The predicted molar refractivity (Wildman–Crippen MR) is 61.8 cm³/mol. The third-order valence-corrected chi connectivity index (χ3v) is 2.86. The maximum absolute atomic E-state index is 11.3. The van der Waals surface area contributed by atoms with E-state index in [1.165, 1.54) is 19.2 Å². The summed E-state index contributed by atoms with van der Waals surface area (Å²) in [7, 11) is 1.27. The van der Waals surface area contributed by atoms with Gasteiger partial charge in [-0.05, 0) is 34.7 Å². The van der Waals surface area contributed by atoms with Gasteiger partial charge in [-0.15, -0.1) is 0 Å². The molecule has 5 nitrogen and oxygen atoms in total. The van der Waals surface area contributed by atoms with Crippen LogP contribution < -0.4 is 0 Å². The molecule has 0 saturated heterocycles. The van der Waals surface area contributed by atoms with Crippen LogP contribution in [0.4, 0.5) is 0 Å². The zero-order chi connectivity index (χ0) is 11.0. The van der Waals surface area contributed by atoms with Crippen LogP contribution in [0.3, 0.4) is 0 Å². The summed E-state index contributed by atoms with van der Waals surface area (Å²) in [6.07, 6.45) is 0. The summed E-state index contributed by atoms with van der Waals surface area (Å²) in [6, 6.07) is 3.01. The number of esters is 1. The van der Waals surface area contributed by atoms with E-state index >= 15 is 0 Å². The largest absolute Gasteiger partial charge is 0.507 e. The number of hydrogen-bond acceptors (Lipinski definition) is 4. The minimum Gasteiger partial charge on any atom is -0.507 e. The molecular weight excluding hydrogens is 311 g/mol. The number of carbonyl (C=O) groups is 1. The molecule has 15 heavy (non-hydrogen) atoms. The number of benzene rings is 1. The van der Waals surface area contributed by atoms with Crippen LogP contribution in [0.2, 0.25) is 0 Å². The van der Waals surface area contributed by atoms with Crippen molar-refractivity contribution < 1.29 is 14.6 Å². The summed E-state index contributed by atoms with van der Waals surface area (Å²) in [5.74, 6) is -0.673. The average Bonchev–Trinajstić information content (AvgIpc) is 2.58. The molecule has 0 bridgehead atoms. The van der Waals surface area contributed by atoms with E-state index in [4.69, 9.17) is 0 Å². The number of carbonyl (C=O) groups excluding carboxylic acids is 1. The monoisotopic (exact) mass is 318 g/mol. The minimum atomic E-state index is -0.570. The highest BCUT2D eigenvalue weighted by molar-refractivity contribution is 14.1. The number of ether oxygens (including phenoxy) is 1. The summed E-state index contributed by atoms with van der Waals surface area (Å²) < 4.78 is 5.28. The molecule has 2 rings (SSSR count). The van der Waals surface area contributed by atoms with Crippen LogP contribution in [0.25, 0.3) is 10.9 Å². The van der Waals surface area contributed by atoms with Crippen molar-refractivity contribution in [1.29, 1.82) is 0 Å². The first-order valence-electron chi connectivity index (χ1n) is 4.08. The molecule has 0 unspecified atom stereocenters. The fourth-order valence-corrected chi connectivity index (χ4v) is 1.86. The van der Waals surface area contributed by atoms with Crippen molar-refractivity contribution in [2.45, 2.75) is 0 Å². The first-order chi connectivity index (χ1) is 7.13. The number of halogens is 1. The summed E-state index contributed by atoms with van der Waals surface area (Å²) in [5, 5.41) is 17.1. The molecule has 1 heterocycles. The van der Waals surface area contributed by atoms with Gasteiger partial charge in [-0.1, -0.05) is 0 Å². The molecule has 2 N–H and O–H groups in total. The summed E-state index contributed by atoms with van der Waals surface area (Å²) in [4.78, 5) is 11.3. The molecule has 0 amide bonds. The first-order valence-corrected chi connectivity index (χ1v) is 5.16. The van der Waals surface area contributed by atoms with Crippen molar-refractivity contribution in [1.82, 2.24) is 10.2 Å². The van der Waals surface area contributed by atoms with Gasteiger partial charge in [0.25, 0.3) is 0 Å². The number of methoxy groups -OCH3 is 1. The highest BCUT2D eigenvalue weighted by Gasteiger charge is 2.14. The van der Waals surface area contributed by atoms with Crippen molar-refractivity contribution in [2.75, 3.05) is 7.11 Å². The summed E-state index contributed by atoms with van der Waals surface area (Å²) in [6.45, 7) is 0. The van der Waals surface area contributed by atoms with Gasteiger partial charge in [0.05, 0.1) is 12.6 Å². The number of phenolic OH excluding ortho intramolecular Hbond substituents is 1. The van der Waals surface area contributed by atoms with Crippen LogP contribution in [0, 0.1) is 3.70 Å². The molecule has 0 aliphatic carbocycles. The van der Waals surface area contributed by atoms with E-state index in [0.29, 0.717) is 5.52 Å². The fraction of sp³-hybridized carbons (Fsp3) is 0.111. The van der Waals surface area contributed by atoms with E-state index < -0.39 is 5.97 Å². The Morgan fingerprint density at radius 3 is 3.00 bits per heavy atom. The fourth-order valence-electron chi connectivity index (χ4n) is 1.29. The normalized spacial score (nSPS) is 10.5. The van der Waals surface area contributed by atoms with Crippen LogP contribution in [-0.2, 0) is 4.74 Å². The molecule has 0 atom stereocenters. The zero-order valence-corrected chi connectivity index (χ0v) is 9.90. The zero-order valence-electron chi connectivity index (χ0n) is 7.74. The maximum atomic E-state index is 11.3. The molecule has 0 spiro atoms. The maximum Gasteiger partial charge on any atom is 0.341 e. The van der Waals surface area contributed by atoms with E-state index in [1.807, 2.05) is 22.6 Å². The lowest BCUT2D eigenvalue weighted by Crippen LogP contribution is -2.01. The van der Waals surface area contributed by atoms with E-state index in [2.05, 4.69) is 14.9 Å². The van der Waals surface area contributed by atoms with Gasteiger partial charge in [-0.25, -0.2) is 4.79 Å². The minimum absolute atomic E-state index is 0.103. The van der Waals surface area contributed by atoms with E-state index in [0.717, 1.165) is 9.09 Å². The second kappa shape index (κ2) is 3.69. The number of hydrogen-bond donors (Lipinski definition) is 2. The van der Waals surface area contributed by atoms with Crippen LogP contribution in [0.15, 0.2) is 12.1 Å². The lowest BCUT2D eigenvalue weighted by Gasteiger charge is -2.02. The van der Waals surface area contributed by atoms with E-state index in [1.54, 1.807) is 0 Å². The lowest BCUT2D eigenvalue weighted by molar-refractivity contribution is 0.0597. The molecule has 1 aromatic carbocycles. The number of aromatic amines is 1. The molecule has 0 aliphatic heterocycles. The van der Waals surface area contributed by atoms with E-state index in [-0.39, 0.29) is 11.3 Å². The topological polar surface area (TPSA) is 75.2 Å². The van der Waals surface area contributed by atoms with Crippen LogP contribution in [-0.4, -0.2) is 28.4 Å². The quantitative estimate of drug-likeness (QED) is 0.619. The Morgan fingerprint density at radius 2 is 2.33 bits per heavy atom. The Bertz CT molecular complexity index is 535. The second-order valence-corrected chi connectivity index (χ2v) is 3.94. The van der Waals surface area contributed by atoms with Gasteiger partial charge in [0.1, 0.15) is 15.0 Å². The smallest absolute Gasteiger partial charge is 0.341 e. The van der Waals surface area contributed by atoms with Gasteiger partial charge in [-0.3, -0.25) is 5.10 Å². The molecule has 0 radical (unpaired) electrons. The summed E-state index contributed by atoms with van der Waals surface area (Å²) >= 11 is 2.04. The highest BCUT2D eigenvalue weighted by Crippen LogP contribution is 2.26. The average molecular weight is 318 g/mol. The SMILES string of the molecule is COC(=O)c1cc2[nH]nc(I)c2cc1O. The number of aromatic hydroxyl groups is 1. The lowest BCUT2D eigenvalue weighted by atomic mass is 10.1. The van der Waals surface area contributed by atoms with Crippen LogP contribution in [0.5, 0.6) is 5.75 Å². The second-order valence-electron chi connectivity index (χ2n) is 2.92. The van der Waals surface area contributed by atoms with Crippen LogP contribution >= 0.6 is 22.6 Å². The van der Waals surface area contributed by atoms with Gasteiger partial charge in [0.15, 0.2) is 0 Å². The standard InChI is InChI=1S/C9H7IN2O3/c1-15-9(14)5-2-6-4(3-7(5)13)8(10)12-11-6/h2-3,13H,1H3,(H,11,12). The molecule has 1 aromatic heterocycles. The van der Waals surface area contributed by atoms with Crippen molar-refractivity contribution in [3.63, 3.8) is 0 Å². The number of nitrogens with one attached hydrogen (secondary N) is 1. The molecule has 2 aromatic rings. The van der Waals surface area contributed by atoms with Gasteiger partial charge in [-0.2, -0.15) is 5.10 Å². The third-order valence-electron chi connectivity index (χ3n) is 2.04. The van der Waals surface area contributed by atoms with Crippen molar-refractivity contribution in [3.8, 4) is 5.75 Å². The Labute approximate surface area is 98.6 Å². The number of nitrogens with zero attached hydrogens (tertiary/aromatic N) is 1. The molecule has 78 valence electrons. The number of phenols is 1. The Balaban J connectivity index is 2.68. The van der Waals surface area contributed by atoms with E-state index in [9.17, 15) is 9.90 Å². The van der Waals surface area contributed by atoms with Gasteiger partial charge in [0.2, 0.25) is 0 Å². The highest BCUT2D eigenvalue weighted by atomic mass is 127. The van der Waals surface area contributed by atoms with Crippen molar-refractivity contribution in [3.05, 3.63) is 21.4 Å². The molecular formula is C9H7IN2O3. The van der Waals surface area contributed by atoms with Crippen LogP contribution in [0.1, 0.15) is 10.4 Å². The van der Waals surface area contributed by atoms with Gasteiger partial charge in [0, 0.05) is 5.39 Å². The van der Waals surface area contributed by atoms with Gasteiger partial charge < -0.3 is 9.84 Å². The summed E-state index contributed by atoms with van der Waals surface area (Å²) in [5.41, 5.74) is 0.822. The predicted octanol–water partition coefficient (Wildman–Crippen LogP) is 1.66. The molecule has 0 aliphatic rings. The van der Waals surface area contributed by atoms with Gasteiger partial charge >= 0.3 is 5.97 Å². The Morgan fingerprint density at radius 1 is 1.60 bits per heavy atom. The molecule has 0 fully saturated rings. The Kier molecular flexibility index (Phi) is 2.51. The number of H-pyrrole nitrogens is 1. The molecule has 0 saturated carbocycles. The third kappa shape index (κ3) is 1.65. The number of fused-ring (bicyclic) bond motifs is 1. The van der Waals surface area contributed by atoms with Crippen molar-refractivity contribution >= 4 is 39.5 Å². The number of rotatable bonds is 1. The number of aromatic nitrogens is 2. The Hall–Kier alpha value is -1.31.